The Balaban J connectivity index is 1.92. The molecule has 2 aromatic carbocycles. The van der Waals surface area contributed by atoms with Crippen molar-refractivity contribution in [3.8, 4) is 5.75 Å². The molecule has 0 saturated heterocycles. The Morgan fingerprint density at radius 1 is 0.917 bits per heavy atom. The quantitative estimate of drug-likeness (QED) is 0.289. The Labute approximate surface area is 142 Å². The highest BCUT2D eigenvalue weighted by Crippen LogP contribution is 2.17. The summed E-state index contributed by atoms with van der Waals surface area (Å²) < 4.78 is 18.7. The van der Waals surface area contributed by atoms with Crippen LogP contribution in [0.5, 0.6) is 5.75 Å². The van der Waals surface area contributed by atoms with Gasteiger partial charge in [0, 0.05) is 11.1 Å². The van der Waals surface area contributed by atoms with E-state index in [0.29, 0.717) is 17.9 Å². The maximum absolute atomic E-state index is 13.0. The molecular weight excluding hydrogens is 305 g/mol. The van der Waals surface area contributed by atoms with Crippen molar-refractivity contribution in [1.82, 2.24) is 0 Å². The van der Waals surface area contributed by atoms with Crippen molar-refractivity contribution in [3.63, 3.8) is 0 Å². The second kappa shape index (κ2) is 9.71. The Morgan fingerprint density at radius 3 is 2.08 bits per heavy atom. The monoisotopic (exact) mass is 329 g/mol. The number of halogens is 1. The lowest BCUT2D eigenvalue weighted by Gasteiger charge is -2.08. The second-order valence-corrected chi connectivity index (χ2v) is 5.74. The van der Waals surface area contributed by atoms with E-state index in [-0.39, 0.29) is 5.82 Å². The van der Waals surface area contributed by atoms with Gasteiger partial charge in [0.05, 0.1) is 6.61 Å². The molecular formula is C20H24FNO2. The van der Waals surface area contributed by atoms with Gasteiger partial charge in [-0.05, 0) is 55.0 Å². The molecule has 0 aromatic heterocycles. The van der Waals surface area contributed by atoms with Gasteiger partial charge in [-0.15, -0.1) is 0 Å². The summed E-state index contributed by atoms with van der Waals surface area (Å²) in [7, 11) is 0. The van der Waals surface area contributed by atoms with E-state index in [4.69, 9.17) is 4.74 Å². The molecule has 0 bridgehead atoms. The molecule has 0 aliphatic carbocycles. The van der Waals surface area contributed by atoms with Gasteiger partial charge < -0.3 is 9.94 Å². The fourth-order valence-corrected chi connectivity index (χ4v) is 2.49. The third-order valence-corrected chi connectivity index (χ3v) is 3.86. The Morgan fingerprint density at radius 2 is 1.50 bits per heavy atom. The van der Waals surface area contributed by atoms with Crippen molar-refractivity contribution in [2.75, 3.05) is 6.61 Å². The van der Waals surface area contributed by atoms with Gasteiger partial charge >= 0.3 is 0 Å². The van der Waals surface area contributed by atoms with Gasteiger partial charge in [0.25, 0.3) is 0 Å². The van der Waals surface area contributed by atoms with Crippen molar-refractivity contribution in [1.29, 1.82) is 0 Å². The number of hydrogen-bond donors (Lipinski definition) is 1. The van der Waals surface area contributed by atoms with Crippen LogP contribution < -0.4 is 4.74 Å². The Bertz CT molecular complexity index is 636. The lowest BCUT2D eigenvalue weighted by atomic mass is 10.0. The third-order valence-electron chi connectivity index (χ3n) is 3.86. The van der Waals surface area contributed by atoms with Crippen LogP contribution in [0.2, 0.25) is 0 Å². The third kappa shape index (κ3) is 5.37. The normalized spacial score (nSPS) is 11.5. The van der Waals surface area contributed by atoms with Crippen molar-refractivity contribution in [2.24, 2.45) is 5.16 Å². The summed E-state index contributed by atoms with van der Waals surface area (Å²) in [6, 6.07) is 13.3. The van der Waals surface area contributed by atoms with E-state index >= 15 is 0 Å². The summed E-state index contributed by atoms with van der Waals surface area (Å²) in [5, 5.41) is 12.6. The zero-order valence-electron chi connectivity index (χ0n) is 14.0. The van der Waals surface area contributed by atoms with Crippen LogP contribution in [0.3, 0.4) is 0 Å². The molecule has 0 heterocycles. The summed E-state index contributed by atoms with van der Waals surface area (Å²) >= 11 is 0. The molecule has 128 valence electrons. The van der Waals surface area contributed by atoms with E-state index < -0.39 is 0 Å². The molecule has 0 radical (unpaired) electrons. The zero-order valence-corrected chi connectivity index (χ0v) is 14.0. The molecule has 4 heteroatoms. The van der Waals surface area contributed by atoms with Crippen LogP contribution in [-0.4, -0.2) is 17.5 Å². The first-order valence-electron chi connectivity index (χ1n) is 8.46. The number of oxime groups is 1. The first kappa shape index (κ1) is 18.0. The Hall–Kier alpha value is -2.36. The number of rotatable bonds is 9. The minimum Gasteiger partial charge on any atom is -0.494 e. The average Bonchev–Trinajstić information content (AvgIpc) is 2.61. The van der Waals surface area contributed by atoms with Crippen molar-refractivity contribution in [2.45, 2.75) is 39.0 Å². The largest absolute Gasteiger partial charge is 0.494 e. The zero-order chi connectivity index (χ0) is 17.2. The summed E-state index contributed by atoms with van der Waals surface area (Å²) in [5.74, 6) is 0.476. The van der Waals surface area contributed by atoms with Crippen LogP contribution in [0.15, 0.2) is 53.7 Å². The van der Waals surface area contributed by atoms with E-state index in [1.165, 1.54) is 37.8 Å². The topological polar surface area (TPSA) is 41.8 Å². The van der Waals surface area contributed by atoms with Crippen molar-refractivity contribution in [3.05, 3.63) is 65.5 Å². The molecule has 0 spiro atoms. The number of benzene rings is 2. The first-order chi connectivity index (χ1) is 11.7. The molecule has 0 aliphatic heterocycles. The van der Waals surface area contributed by atoms with Crippen LogP contribution in [0.4, 0.5) is 4.39 Å². The van der Waals surface area contributed by atoms with E-state index in [1.807, 2.05) is 24.3 Å². The van der Waals surface area contributed by atoms with E-state index in [2.05, 4.69) is 12.1 Å². The van der Waals surface area contributed by atoms with Gasteiger partial charge in [-0.3, -0.25) is 0 Å². The summed E-state index contributed by atoms with van der Waals surface area (Å²) in [4.78, 5) is 0. The van der Waals surface area contributed by atoms with Gasteiger partial charge in [-0.1, -0.05) is 37.8 Å². The van der Waals surface area contributed by atoms with Gasteiger partial charge in [0.1, 0.15) is 17.3 Å². The number of nitrogens with zero attached hydrogens (tertiary/aromatic N) is 1. The Kier molecular flexibility index (Phi) is 7.27. The van der Waals surface area contributed by atoms with Crippen LogP contribution >= 0.6 is 0 Å². The van der Waals surface area contributed by atoms with E-state index in [0.717, 1.165) is 17.7 Å². The minimum atomic E-state index is -0.321. The second-order valence-electron chi connectivity index (χ2n) is 5.74. The molecule has 0 aliphatic rings. The van der Waals surface area contributed by atoms with Crippen molar-refractivity contribution >= 4 is 5.71 Å². The van der Waals surface area contributed by atoms with Crippen LogP contribution in [0.25, 0.3) is 0 Å². The maximum atomic E-state index is 13.0. The molecule has 0 atom stereocenters. The smallest absolute Gasteiger partial charge is 0.123 e. The number of ether oxygens (including phenoxy) is 1. The molecule has 0 fully saturated rings. The highest BCUT2D eigenvalue weighted by atomic mass is 19.1. The SMILES string of the molecule is CCCCCCCOc1ccc(/C(=N\O)c2ccc(F)cc2)cc1. The predicted molar refractivity (Wildman–Crippen MR) is 94.5 cm³/mol. The van der Waals surface area contributed by atoms with Crippen molar-refractivity contribution < 1.29 is 14.3 Å². The molecule has 2 aromatic rings. The van der Waals surface area contributed by atoms with E-state index in [1.54, 1.807) is 12.1 Å². The molecule has 0 amide bonds. The molecule has 24 heavy (non-hydrogen) atoms. The molecule has 0 saturated carbocycles. The fourth-order valence-electron chi connectivity index (χ4n) is 2.49. The van der Waals surface area contributed by atoms with Gasteiger partial charge in [-0.2, -0.15) is 0 Å². The summed E-state index contributed by atoms with van der Waals surface area (Å²) in [6.07, 6.45) is 6.03. The molecule has 1 N–H and O–H groups in total. The van der Waals surface area contributed by atoms with Crippen LogP contribution in [-0.2, 0) is 0 Å². The minimum absolute atomic E-state index is 0.321. The average molecular weight is 329 g/mol. The number of hydrogen-bond acceptors (Lipinski definition) is 3. The van der Waals surface area contributed by atoms with Gasteiger partial charge in [-0.25, -0.2) is 4.39 Å². The van der Waals surface area contributed by atoms with Crippen LogP contribution in [0, 0.1) is 5.82 Å². The summed E-state index contributed by atoms with van der Waals surface area (Å²) in [6.45, 7) is 2.91. The van der Waals surface area contributed by atoms with E-state index in [9.17, 15) is 9.60 Å². The predicted octanol–water partition coefficient (Wildman–Crippen LogP) is 5.40. The number of unbranched alkanes of at least 4 members (excludes halogenated alkanes) is 4. The fraction of sp³-hybridized carbons (Fsp3) is 0.350. The molecule has 2 rings (SSSR count). The summed E-state index contributed by atoms with van der Waals surface area (Å²) in [5.41, 5.74) is 1.81. The lowest BCUT2D eigenvalue weighted by molar-refractivity contribution is 0.304. The molecule has 0 unspecified atom stereocenters. The highest BCUT2D eigenvalue weighted by Gasteiger charge is 2.08. The van der Waals surface area contributed by atoms with Gasteiger partial charge in [0.15, 0.2) is 0 Å². The first-order valence-corrected chi connectivity index (χ1v) is 8.46. The maximum Gasteiger partial charge on any atom is 0.123 e. The lowest BCUT2D eigenvalue weighted by Crippen LogP contribution is -2.04. The highest BCUT2D eigenvalue weighted by molar-refractivity contribution is 6.12. The standard InChI is InChI=1S/C20H24FNO2/c1-2-3-4-5-6-15-24-19-13-9-17(10-14-19)20(22-23)16-7-11-18(21)12-8-16/h7-14,23H,2-6,15H2,1H3/b22-20-. The van der Waals surface area contributed by atoms with Gasteiger partial charge in [0.2, 0.25) is 0 Å². The molecule has 3 nitrogen and oxygen atoms in total. The van der Waals surface area contributed by atoms with Crippen LogP contribution in [0.1, 0.15) is 50.2 Å².